The van der Waals surface area contributed by atoms with Crippen molar-refractivity contribution in [2.75, 3.05) is 5.32 Å². The quantitative estimate of drug-likeness (QED) is 0.511. The fourth-order valence-corrected chi connectivity index (χ4v) is 3.05. The van der Waals surface area contributed by atoms with Gasteiger partial charge in [-0.15, -0.1) is 0 Å². The summed E-state index contributed by atoms with van der Waals surface area (Å²) in [4.78, 5) is 15.7. The number of halogens is 1. The summed E-state index contributed by atoms with van der Waals surface area (Å²) in [7, 11) is 0. The van der Waals surface area contributed by atoms with Gasteiger partial charge in [-0.3, -0.25) is 0 Å². The number of carboxylic acids is 1. The Balaban J connectivity index is 1.69. The Kier molecular flexibility index (Phi) is 4.82. The van der Waals surface area contributed by atoms with Crippen molar-refractivity contribution in [2.24, 2.45) is 0 Å². The van der Waals surface area contributed by atoms with Crippen LogP contribution in [0.1, 0.15) is 21.5 Å². The predicted molar refractivity (Wildman–Crippen MR) is 105 cm³/mol. The van der Waals surface area contributed by atoms with E-state index in [0.717, 1.165) is 5.56 Å². The Morgan fingerprint density at radius 2 is 2.03 bits per heavy atom. The predicted octanol–water partition coefficient (Wildman–Crippen LogP) is 4.20. The molecule has 0 fully saturated rings. The molecule has 29 heavy (non-hydrogen) atoms. The number of nitrogens with one attached hydrogen (secondary N) is 1. The molecule has 2 aromatic heterocycles. The summed E-state index contributed by atoms with van der Waals surface area (Å²) in [5, 5.41) is 16.5. The standard InChI is InChI=1S/C21H17FN4O3/c1-13-16(21(27)28)10-26-19(13)20(23-12-24-26)25-17-8-7-15(22)9-18(17)29-11-14-5-3-2-4-6-14/h2-10,12H,11H2,1H3,(H,27,28)(H,23,24,25). The van der Waals surface area contributed by atoms with Crippen LogP contribution in [0.5, 0.6) is 5.75 Å². The van der Waals surface area contributed by atoms with Gasteiger partial charge in [0.2, 0.25) is 0 Å². The number of ether oxygens (including phenoxy) is 1. The van der Waals surface area contributed by atoms with Crippen LogP contribution in [0.25, 0.3) is 5.52 Å². The number of carbonyl (C=O) groups is 1. The molecule has 0 saturated carbocycles. The monoisotopic (exact) mass is 392 g/mol. The van der Waals surface area contributed by atoms with Gasteiger partial charge in [0, 0.05) is 12.3 Å². The second-order valence-electron chi connectivity index (χ2n) is 6.41. The van der Waals surface area contributed by atoms with Crippen molar-refractivity contribution < 1.29 is 19.0 Å². The largest absolute Gasteiger partial charge is 0.487 e. The van der Waals surface area contributed by atoms with E-state index in [1.807, 2.05) is 30.3 Å². The number of hydrogen-bond acceptors (Lipinski definition) is 5. The molecule has 2 heterocycles. The molecule has 0 unspecified atom stereocenters. The van der Waals surface area contributed by atoms with Gasteiger partial charge in [0.15, 0.2) is 5.82 Å². The third-order valence-electron chi connectivity index (χ3n) is 4.49. The lowest BCUT2D eigenvalue weighted by Gasteiger charge is -2.14. The fraction of sp³-hybridized carbons (Fsp3) is 0.0952. The van der Waals surface area contributed by atoms with Gasteiger partial charge in [0.05, 0.1) is 11.3 Å². The van der Waals surface area contributed by atoms with Gasteiger partial charge < -0.3 is 15.2 Å². The minimum absolute atomic E-state index is 0.133. The number of hydrogen-bond donors (Lipinski definition) is 2. The zero-order valence-electron chi connectivity index (χ0n) is 15.5. The highest BCUT2D eigenvalue weighted by Crippen LogP contribution is 2.31. The molecule has 4 aromatic rings. The third-order valence-corrected chi connectivity index (χ3v) is 4.49. The van der Waals surface area contributed by atoms with E-state index in [0.29, 0.717) is 28.3 Å². The van der Waals surface area contributed by atoms with Crippen molar-refractivity contribution in [3.05, 3.63) is 83.6 Å². The molecule has 4 rings (SSSR count). The number of benzene rings is 2. The molecule has 0 spiro atoms. The maximum Gasteiger partial charge on any atom is 0.337 e. The summed E-state index contributed by atoms with van der Waals surface area (Å²) in [6.07, 6.45) is 2.74. The van der Waals surface area contributed by atoms with Crippen LogP contribution >= 0.6 is 0 Å². The lowest BCUT2D eigenvalue weighted by molar-refractivity contribution is 0.0696. The van der Waals surface area contributed by atoms with Gasteiger partial charge in [0.1, 0.15) is 30.0 Å². The van der Waals surface area contributed by atoms with Gasteiger partial charge in [-0.25, -0.2) is 18.7 Å². The number of anilines is 2. The highest BCUT2D eigenvalue weighted by atomic mass is 19.1. The van der Waals surface area contributed by atoms with Gasteiger partial charge in [-0.2, -0.15) is 5.10 Å². The maximum atomic E-state index is 13.8. The number of carboxylic acid groups (broad SMARTS) is 1. The lowest BCUT2D eigenvalue weighted by atomic mass is 10.2. The van der Waals surface area contributed by atoms with Crippen LogP contribution in [0, 0.1) is 12.7 Å². The zero-order valence-corrected chi connectivity index (χ0v) is 15.5. The SMILES string of the molecule is Cc1c(C(=O)O)cn2ncnc(Nc3ccc(F)cc3OCc3ccccc3)c12. The first-order valence-electron chi connectivity index (χ1n) is 8.82. The van der Waals surface area contributed by atoms with E-state index in [-0.39, 0.29) is 12.2 Å². The third kappa shape index (κ3) is 3.73. The molecular weight excluding hydrogens is 375 g/mol. The van der Waals surface area contributed by atoms with E-state index < -0.39 is 11.8 Å². The minimum atomic E-state index is -1.05. The molecule has 0 atom stereocenters. The Morgan fingerprint density at radius 3 is 2.79 bits per heavy atom. The molecule has 7 nitrogen and oxygen atoms in total. The highest BCUT2D eigenvalue weighted by Gasteiger charge is 2.18. The van der Waals surface area contributed by atoms with Crippen LogP contribution in [0.2, 0.25) is 0 Å². The van der Waals surface area contributed by atoms with Crippen molar-refractivity contribution in [3.63, 3.8) is 0 Å². The fourth-order valence-electron chi connectivity index (χ4n) is 3.05. The normalized spacial score (nSPS) is 10.8. The Bertz CT molecular complexity index is 1190. The molecule has 146 valence electrons. The van der Waals surface area contributed by atoms with Gasteiger partial charge in [-0.1, -0.05) is 30.3 Å². The maximum absolute atomic E-state index is 13.8. The highest BCUT2D eigenvalue weighted by molar-refractivity contribution is 5.94. The Morgan fingerprint density at radius 1 is 1.24 bits per heavy atom. The van der Waals surface area contributed by atoms with E-state index in [1.165, 1.54) is 29.2 Å². The van der Waals surface area contributed by atoms with Crippen LogP contribution in [-0.2, 0) is 6.61 Å². The molecule has 0 aliphatic heterocycles. The second-order valence-corrected chi connectivity index (χ2v) is 6.41. The van der Waals surface area contributed by atoms with E-state index >= 15 is 0 Å². The zero-order chi connectivity index (χ0) is 20.4. The number of aromatic nitrogens is 3. The molecule has 0 amide bonds. The Hall–Kier alpha value is -3.94. The summed E-state index contributed by atoms with van der Waals surface area (Å²) >= 11 is 0. The summed E-state index contributed by atoms with van der Waals surface area (Å²) in [5.74, 6) is -0.777. The molecule has 2 N–H and O–H groups in total. The average molecular weight is 392 g/mol. The number of fused-ring (bicyclic) bond motifs is 1. The summed E-state index contributed by atoms with van der Waals surface area (Å²) in [5.41, 5.74) is 2.62. The number of aromatic carboxylic acids is 1. The summed E-state index contributed by atoms with van der Waals surface area (Å²) in [6, 6.07) is 13.7. The number of rotatable bonds is 6. The smallest absolute Gasteiger partial charge is 0.337 e. The first-order valence-corrected chi connectivity index (χ1v) is 8.82. The molecule has 0 aliphatic rings. The molecule has 0 radical (unpaired) electrons. The molecule has 0 aliphatic carbocycles. The molecule has 8 heteroatoms. The molecule has 0 saturated heterocycles. The number of aryl methyl sites for hydroxylation is 1. The van der Waals surface area contributed by atoms with E-state index in [4.69, 9.17) is 4.74 Å². The van der Waals surface area contributed by atoms with Crippen LogP contribution < -0.4 is 10.1 Å². The molecule has 2 aromatic carbocycles. The Labute approximate surface area is 165 Å². The van der Waals surface area contributed by atoms with Crippen molar-refractivity contribution in [1.29, 1.82) is 0 Å². The average Bonchev–Trinajstić information content (AvgIpc) is 3.07. The minimum Gasteiger partial charge on any atom is -0.487 e. The van der Waals surface area contributed by atoms with Crippen LogP contribution in [0.4, 0.5) is 15.9 Å². The van der Waals surface area contributed by atoms with Crippen molar-refractivity contribution in [1.82, 2.24) is 14.6 Å². The van der Waals surface area contributed by atoms with Gasteiger partial charge >= 0.3 is 5.97 Å². The van der Waals surface area contributed by atoms with Crippen molar-refractivity contribution in [3.8, 4) is 5.75 Å². The van der Waals surface area contributed by atoms with Gasteiger partial charge in [-0.05, 0) is 30.2 Å². The first kappa shape index (κ1) is 18.4. The van der Waals surface area contributed by atoms with Gasteiger partial charge in [0.25, 0.3) is 0 Å². The lowest BCUT2D eigenvalue weighted by Crippen LogP contribution is -2.03. The number of nitrogens with zero attached hydrogens (tertiary/aromatic N) is 3. The summed E-state index contributed by atoms with van der Waals surface area (Å²) in [6.45, 7) is 1.95. The van der Waals surface area contributed by atoms with Crippen LogP contribution in [0.3, 0.4) is 0 Å². The van der Waals surface area contributed by atoms with Crippen molar-refractivity contribution in [2.45, 2.75) is 13.5 Å². The van der Waals surface area contributed by atoms with Crippen LogP contribution in [0.15, 0.2) is 61.1 Å². The van der Waals surface area contributed by atoms with Crippen LogP contribution in [-0.4, -0.2) is 25.7 Å². The molecular formula is C21H17FN4O3. The van der Waals surface area contributed by atoms with E-state index in [9.17, 15) is 14.3 Å². The van der Waals surface area contributed by atoms with Crippen molar-refractivity contribution >= 4 is 23.0 Å². The van der Waals surface area contributed by atoms with E-state index in [2.05, 4.69) is 15.4 Å². The first-order chi connectivity index (χ1) is 14.0. The summed E-state index contributed by atoms with van der Waals surface area (Å²) < 4.78 is 21.1. The second kappa shape index (κ2) is 7.59. The van der Waals surface area contributed by atoms with E-state index in [1.54, 1.807) is 13.0 Å². The molecule has 0 bridgehead atoms. The topological polar surface area (TPSA) is 88.8 Å².